The fourth-order valence-corrected chi connectivity index (χ4v) is 6.53. The van der Waals surface area contributed by atoms with E-state index in [1.54, 1.807) is 0 Å². The van der Waals surface area contributed by atoms with Gasteiger partial charge in [-0.05, 0) is 42.9 Å². The minimum Gasteiger partial charge on any atom is -0.396 e. The zero-order chi connectivity index (χ0) is 14.9. The van der Waals surface area contributed by atoms with Crippen molar-refractivity contribution >= 4 is 5.69 Å². The summed E-state index contributed by atoms with van der Waals surface area (Å²) in [7, 11) is 0. The maximum absolute atomic E-state index is 10.2. The molecule has 3 nitrogen and oxygen atoms in total. The van der Waals surface area contributed by atoms with E-state index >= 15 is 0 Å². The van der Waals surface area contributed by atoms with Crippen LogP contribution in [0.25, 0.3) is 0 Å². The average Bonchev–Trinajstić information content (AvgIpc) is 3.11. The molecule has 22 heavy (non-hydrogen) atoms. The molecular formula is C19H26N2O. The second kappa shape index (κ2) is 4.48. The Bertz CT molecular complexity index is 603. The molecule has 0 radical (unpaired) electrons. The summed E-state index contributed by atoms with van der Waals surface area (Å²) >= 11 is 0. The fourth-order valence-electron chi connectivity index (χ4n) is 6.53. The molecule has 4 aliphatic rings. The average molecular weight is 298 g/mol. The van der Waals surface area contributed by atoms with Gasteiger partial charge < -0.3 is 10.4 Å². The Morgan fingerprint density at radius 1 is 1.36 bits per heavy atom. The summed E-state index contributed by atoms with van der Waals surface area (Å²) in [5.74, 6) is 1.86. The third-order valence-corrected chi connectivity index (χ3v) is 7.43. The lowest BCUT2D eigenvalue weighted by Crippen LogP contribution is -2.64. The number of fused-ring (bicyclic) bond motifs is 2. The van der Waals surface area contributed by atoms with Gasteiger partial charge >= 0.3 is 0 Å². The lowest BCUT2D eigenvalue weighted by Gasteiger charge is -2.56. The molecule has 3 heteroatoms. The van der Waals surface area contributed by atoms with Crippen LogP contribution in [0.1, 0.15) is 31.7 Å². The number of nitrogens with zero attached hydrogens (tertiary/aromatic N) is 1. The quantitative estimate of drug-likeness (QED) is 0.880. The molecule has 6 atom stereocenters. The maximum atomic E-state index is 10.2. The largest absolute Gasteiger partial charge is 0.396 e. The molecule has 1 saturated carbocycles. The van der Waals surface area contributed by atoms with E-state index in [4.69, 9.17) is 0 Å². The first kappa shape index (κ1) is 13.4. The highest BCUT2D eigenvalue weighted by atomic mass is 16.3. The van der Waals surface area contributed by atoms with Gasteiger partial charge in [-0.25, -0.2) is 0 Å². The van der Waals surface area contributed by atoms with Gasteiger partial charge in [0.25, 0.3) is 0 Å². The van der Waals surface area contributed by atoms with Crippen LogP contribution in [0.5, 0.6) is 0 Å². The number of para-hydroxylation sites is 1. The second-order valence-corrected chi connectivity index (χ2v) is 7.88. The normalized spacial score (nSPS) is 45.3. The van der Waals surface area contributed by atoms with Crippen molar-refractivity contribution in [2.45, 2.75) is 43.7 Å². The minimum atomic E-state index is 0.249. The SMILES string of the molecule is CC[C@@H]1CN2CC[C@]34c5ccccc5NC3[C@@H](CO)C1C[C@H]24. The zero-order valence-electron chi connectivity index (χ0n) is 13.3. The van der Waals surface area contributed by atoms with E-state index in [9.17, 15) is 5.11 Å². The second-order valence-electron chi connectivity index (χ2n) is 7.88. The van der Waals surface area contributed by atoms with Crippen molar-refractivity contribution in [3.05, 3.63) is 29.8 Å². The predicted octanol–water partition coefficient (Wildman–Crippen LogP) is 2.46. The number of aliphatic hydroxyl groups is 1. The highest BCUT2D eigenvalue weighted by molar-refractivity contribution is 5.64. The summed E-state index contributed by atoms with van der Waals surface area (Å²) in [4.78, 5) is 2.77. The maximum Gasteiger partial charge on any atom is 0.0481 e. The topological polar surface area (TPSA) is 35.5 Å². The van der Waals surface area contributed by atoms with Crippen molar-refractivity contribution in [2.75, 3.05) is 25.0 Å². The van der Waals surface area contributed by atoms with E-state index in [1.165, 1.54) is 43.6 Å². The van der Waals surface area contributed by atoms with E-state index in [-0.39, 0.29) is 5.41 Å². The van der Waals surface area contributed by atoms with Gasteiger partial charge in [0, 0.05) is 42.3 Å². The Hall–Kier alpha value is -1.06. The standard InChI is InChI=1S/C19H26N2O/c1-2-12-10-21-8-7-19-15-5-3-4-6-16(15)20-18(19)14(11-22)13(12)9-17(19)21/h3-6,12-14,17-18,20,22H,2,7-11H2,1H3/t12-,13?,14+,17+,18?,19-/m1/s1. The molecule has 0 amide bonds. The summed E-state index contributed by atoms with van der Waals surface area (Å²) in [6.45, 7) is 5.15. The van der Waals surface area contributed by atoms with E-state index in [2.05, 4.69) is 41.4 Å². The first-order valence-electron chi connectivity index (χ1n) is 9.00. The number of nitrogens with one attached hydrogen (secondary N) is 1. The van der Waals surface area contributed by atoms with Gasteiger partial charge in [-0.15, -0.1) is 0 Å². The van der Waals surface area contributed by atoms with E-state index in [0.717, 1.165) is 5.92 Å². The highest BCUT2D eigenvalue weighted by Gasteiger charge is 2.65. The Balaban J connectivity index is 1.68. The molecule has 3 fully saturated rings. The first-order chi connectivity index (χ1) is 10.8. The molecule has 0 aromatic heterocycles. The molecule has 2 unspecified atom stereocenters. The molecular weight excluding hydrogens is 272 g/mol. The summed E-state index contributed by atoms with van der Waals surface area (Å²) < 4.78 is 0. The Morgan fingerprint density at radius 2 is 2.23 bits per heavy atom. The number of rotatable bonds is 2. The number of benzene rings is 1. The molecule has 1 aromatic rings. The van der Waals surface area contributed by atoms with Gasteiger partial charge in [0.2, 0.25) is 0 Å². The lowest BCUT2D eigenvalue weighted by molar-refractivity contribution is -0.0363. The molecule has 2 bridgehead atoms. The number of anilines is 1. The van der Waals surface area contributed by atoms with Crippen LogP contribution in [0.4, 0.5) is 5.69 Å². The molecule has 2 N–H and O–H groups in total. The Morgan fingerprint density at radius 3 is 3.05 bits per heavy atom. The lowest BCUT2D eigenvalue weighted by atomic mass is 9.54. The van der Waals surface area contributed by atoms with Crippen LogP contribution < -0.4 is 5.32 Å². The molecule has 3 heterocycles. The molecule has 1 aliphatic carbocycles. The van der Waals surface area contributed by atoms with Crippen molar-refractivity contribution in [3.63, 3.8) is 0 Å². The summed E-state index contributed by atoms with van der Waals surface area (Å²) in [6.07, 6.45) is 3.79. The predicted molar refractivity (Wildman–Crippen MR) is 88.0 cm³/mol. The molecule has 3 aliphatic heterocycles. The van der Waals surface area contributed by atoms with Gasteiger partial charge in [0.05, 0.1) is 0 Å². The van der Waals surface area contributed by atoms with Crippen LogP contribution in [-0.2, 0) is 5.41 Å². The number of piperidine rings is 1. The van der Waals surface area contributed by atoms with Gasteiger partial charge in [0.15, 0.2) is 0 Å². The molecule has 1 aromatic carbocycles. The third kappa shape index (κ3) is 1.40. The van der Waals surface area contributed by atoms with Crippen molar-refractivity contribution in [2.24, 2.45) is 17.8 Å². The summed E-state index contributed by atoms with van der Waals surface area (Å²) in [6, 6.07) is 10.0. The van der Waals surface area contributed by atoms with E-state index < -0.39 is 0 Å². The van der Waals surface area contributed by atoms with Crippen LogP contribution in [0.15, 0.2) is 24.3 Å². The summed E-state index contributed by atoms with van der Waals surface area (Å²) in [5.41, 5.74) is 3.10. The van der Waals surface area contributed by atoms with Gasteiger partial charge in [-0.2, -0.15) is 0 Å². The smallest absolute Gasteiger partial charge is 0.0481 e. The van der Waals surface area contributed by atoms with Crippen molar-refractivity contribution in [1.29, 1.82) is 0 Å². The van der Waals surface area contributed by atoms with Crippen molar-refractivity contribution in [3.8, 4) is 0 Å². The third-order valence-electron chi connectivity index (χ3n) is 7.43. The van der Waals surface area contributed by atoms with E-state index in [1.807, 2.05) is 0 Å². The van der Waals surface area contributed by atoms with Crippen LogP contribution in [-0.4, -0.2) is 41.8 Å². The van der Waals surface area contributed by atoms with Gasteiger partial charge in [0.1, 0.15) is 0 Å². The van der Waals surface area contributed by atoms with Crippen LogP contribution in [0, 0.1) is 17.8 Å². The molecule has 1 spiro atoms. The van der Waals surface area contributed by atoms with Crippen LogP contribution >= 0.6 is 0 Å². The minimum absolute atomic E-state index is 0.249. The molecule has 2 saturated heterocycles. The fraction of sp³-hybridized carbons (Fsp3) is 0.684. The molecule has 5 rings (SSSR count). The number of hydrogen-bond donors (Lipinski definition) is 2. The van der Waals surface area contributed by atoms with Crippen LogP contribution in [0.3, 0.4) is 0 Å². The van der Waals surface area contributed by atoms with Gasteiger partial charge in [-0.1, -0.05) is 31.5 Å². The monoisotopic (exact) mass is 298 g/mol. The first-order valence-corrected chi connectivity index (χ1v) is 9.00. The Kier molecular flexibility index (Phi) is 2.73. The van der Waals surface area contributed by atoms with Crippen molar-refractivity contribution < 1.29 is 5.11 Å². The van der Waals surface area contributed by atoms with E-state index in [0.29, 0.717) is 30.5 Å². The number of hydrogen-bond acceptors (Lipinski definition) is 3. The zero-order valence-corrected chi connectivity index (χ0v) is 13.3. The Labute approximate surface area is 132 Å². The summed E-state index contributed by atoms with van der Waals surface area (Å²) in [5, 5.41) is 14.1. The van der Waals surface area contributed by atoms with Crippen molar-refractivity contribution in [1.82, 2.24) is 4.90 Å². The molecule has 118 valence electrons. The van der Waals surface area contributed by atoms with Crippen LogP contribution in [0.2, 0.25) is 0 Å². The number of aliphatic hydroxyl groups excluding tert-OH is 1. The highest BCUT2D eigenvalue weighted by Crippen LogP contribution is 2.61. The van der Waals surface area contributed by atoms with Gasteiger partial charge in [-0.3, -0.25) is 4.90 Å².